The molecule has 0 atom stereocenters. The summed E-state index contributed by atoms with van der Waals surface area (Å²) in [5, 5.41) is 13.4. The molecule has 0 aliphatic heterocycles. The molecule has 0 saturated heterocycles. The minimum absolute atomic E-state index is 0.769. The lowest BCUT2D eigenvalue weighted by molar-refractivity contribution is 0.795. The fourth-order valence-electron chi connectivity index (χ4n) is 1.45. The second-order valence-corrected chi connectivity index (χ2v) is 5.53. The largest absolute Gasteiger partial charge is 0.313 e. The second kappa shape index (κ2) is 5.03. The lowest BCUT2D eigenvalue weighted by Gasteiger charge is -1.99. The zero-order valence-electron chi connectivity index (χ0n) is 9.12. The van der Waals surface area contributed by atoms with Crippen molar-refractivity contribution in [3.8, 4) is 10.6 Å². The SMILES string of the molecule is CNCc1nnc(-c2cc(C)cc(Br)c2)s1. The summed E-state index contributed by atoms with van der Waals surface area (Å²) in [4.78, 5) is 0. The molecular weight excluding hydrogens is 286 g/mol. The third-order valence-electron chi connectivity index (χ3n) is 2.08. The fraction of sp³-hybridized carbons (Fsp3) is 0.273. The van der Waals surface area contributed by atoms with Gasteiger partial charge in [0.05, 0.1) is 0 Å². The van der Waals surface area contributed by atoms with Crippen LogP contribution in [0.1, 0.15) is 10.6 Å². The molecule has 0 radical (unpaired) electrons. The van der Waals surface area contributed by atoms with Gasteiger partial charge in [0.1, 0.15) is 10.0 Å². The summed E-state index contributed by atoms with van der Waals surface area (Å²) in [6, 6.07) is 6.27. The maximum atomic E-state index is 4.19. The molecule has 0 amide bonds. The van der Waals surface area contributed by atoms with Crippen molar-refractivity contribution in [3.63, 3.8) is 0 Å². The highest BCUT2D eigenvalue weighted by Gasteiger charge is 2.07. The third kappa shape index (κ3) is 2.66. The first kappa shape index (κ1) is 11.7. The zero-order valence-corrected chi connectivity index (χ0v) is 11.5. The second-order valence-electron chi connectivity index (χ2n) is 3.55. The Bertz CT molecular complexity index is 475. The van der Waals surface area contributed by atoms with Crippen LogP contribution in [0, 0.1) is 6.92 Å². The smallest absolute Gasteiger partial charge is 0.147 e. The van der Waals surface area contributed by atoms with Crippen LogP contribution in [0.15, 0.2) is 22.7 Å². The Morgan fingerprint density at radius 3 is 2.81 bits per heavy atom. The highest BCUT2D eigenvalue weighted by molar-refractivity contribution is 9.10. The number of rotatable bonds is 3. The summed E-state index contributed by atoms with van der Waals surface area (Å²) in [6.07, 6.45) is 0. The van der Waals surface area contributed by atoms with E-state index in [9.17, 15) is 0 Å². The summed E-state index contributed by atoms with van der Waals surface area (Å²) >= 11 is 5.11. The summed E-state index contributed by atoms with van der Waals surface area (Å²) in [7, 11) is 1.91. The van der Waals surface area contributed by atoms with Crippen LogP contribution in [0.25, 0.3) is 10.6 Å². The number of nitrogens with one attached hydrogen (secondary N) is 1. The monoisotopic (exact) mass is 297 g/mol. The number of halogens is 1. The average Bonchev–Trinajstić information content (AvgIpc) is 2.65. The Morgan fingerprint density at radius 2 is 2.12 bits per heavy atom. The summed E-state index contributed by atoms with van der Waals surface area (Å²) in [6.45, 7) is 2.84. The van der Waals surface area contributed by atoms with Crippen molar-refractivity contribution in [3.05, 3.63) is 33.2 Å². The van der Waals surface area contributed by atoms with Gasteiger partial charge in [0, 0.05) is 16.6 Å². The molecule has 0 unspecified atom stereocenters. The summed E-state index contributed by atoms with van der Waals surface area (Å²) in [5.41, 5.74) is 2.33. The van der Waals surface area contributed by atoms with Crippen molar-refractivity contribution in [2.75, 3.05) is 7.05 Å². The summed E-state index contributed by atoms with van der Waals surface area (Å²) < 4.78 is 1.08. The third-order valence-corrected chi connectivity index (χ3v) is 3.51. The van der Waals surface area contributed by atoms with E-state index in [4.69, 9.17) is 0 Å². The topological polar surface area (TPSA) is 37.8 Å². The van der Waals surface area contributed by atoms with Crippen LogP contribution >= 0.6 is 27.3 Å². The highest BCUT2D eigenvalue weighted by Crippen LogP contribution is 2.27. The standard InChI is InChI=1S/C11H12BrN3S/c1-7-3-8(5-9(12)4-7)11-15-14-10(16-11)6-13-2/h3-5,13H,6H2,1-2H3. The van der Waals surface area contributed by atoms with Crippen molar-refractivity contribution in [1.82, 2.24) is 15.5 Å². The van der Waals surface area contributed by atoms with E-state index in [0.717, 1.165) is 26.6 Å². The van der Waals surface area contributed by atoms with Gasteiger partial charge in [0.2, 0.25) is 0 Å². The van der Waals surface area contributed by atoms with E-state index >= 15 is 0 Å². The minimum atomic E-state index is 0.769. The molecular formula is C11H12BrN3S. The highest BCUT2D eigenvalue weighted by atomic mass is 79.9. The van der Waals surface area contributed by atoms with E-state index < -0.39 is 0 Å². The van der Waals surface area contributed by atoms with Crippen molar-refractivity contribution >= 4 is 27.3 Å². The number of aromatic nitrogens is 2. The van der Waals surface area contributed by atoms with Gasteiger partial charge in [0.15, 0.2) is 0 Å². The lowest BCUT2D eigenvalue weighted by Crippen LogP contribution is -2.04. The van der Waals surface area contributed by atoms with Crippen LogP contribution in [-0.4, -0.2) is 17.2 Å². The van der Waals surface area contributed by atoms with E-state index in [1.165, 1.54) is 5.56 Å². The average molecular weight is 298 g/mol. The lowest BCUT2D eigenvalue weighted by atomic mass is 10.1. The molecule has 16 heavy (non-hydrogen) atoms. The first-order valence-corrected chi connectivity index (χ1v) is 6.54. The predicted molar refractivity (Wildman–Crippen MR) is 70.5 cm³/mol. The van der Waals surface area contributed by atoms with Gasteiger partial charge in [-0.15, -0.1) is 10.2 Å². The molecule has 1 N–H and O–H groups in total. The molecule has 2 rings (SSSR count). The van der Waals surface area contributed by atoms with Gasteiger partial charge in [-0.25, -0.2) is 0 Å². The van der Waals surface area contributed by atoms with Gasteiger partial charge in [0.25, 0.3) is 0 Å². The van der Waals surface area contributed by atoms with Crippen LogP contribution in [0.5, 0.6) is 0 Å². The summed E-state index contributed by atoms with van der Waals surface area (Å²) in [5.74, 6) is 0. The Balaban J connectivity index is 2.34. The van der Waals surface area contributed by atoms with Crippen LogP contribution in [0.2, 0.25) is 0 Å². The normalized spacial score (nSPS) is 10.7. The Kier molecular flexibility index (Phi) is 3.68. The number of hydrogen-bond donors (Lipinski definition) is 1. The molecule has 1 heterocycles. The number of hydrogen-bond acceptors (Lipinski definition) is 4. The van der Waals surface area contributed by atoms with Crippen molar-refractivity contribution in [2.45, 2.75) is 13.5 Å². The molecule has 3 nitrogen and oxygen atoms in total. The molecule has 0 bridgehead atoms. The molecule has 0 spiro atoms. The van der Waals surface area contributed by atoms with Gasteiger partial charge in [-0.3, -0.25) is 0 Å². The molecule has 2 aromatic rings. The van der Waals surface area contributed by atoms with Crippen LogP contribution in [-0.2, 0) is 6.54 Å². The van der Waals surface area contributed by atoms with E-state index in [2.05, 4.69) is 56.6 Å². The van der Waals surface area contributed by atoms with Gasteiger partial charge in [-0.05, 0) is 37.7 Å². The van der Waals surface area contributed by atoms with E-state index in [1.807, 2.05) is 7.05 Å². The molecule has 1 aromatic heterocycles. The Hall–Kier alpha value is -0.780. The van der Waals surface area contributed by atoms with E-state index in [1.54, 1.807) is 11.3 Å². The zero-order chi connectivity index (χ0) is 11.5. The van der Waals surface area contributed by atoms with Gasteiger partial charge in [-0.2, -0.15) is 0 Å². The van der Waals surface area contributed by atoms with Gasteiger partial charge in [-0.1, -0.05) is 27.3 Å². The quantitative estimate of drug-likeness (QED) is 0.946. The van der Waals surface area contributed by atoms with Crippen molar-refractivity contribution in [2.24, 2.45) is 0 Å². The maximum Gasteiger partial charge on any atom is 0.147 e. The van der Waals surface area contributed by atoms with Crippen molar-refractivity contribution < 1.29 is 0 Å². The fourth-order valence-corrected chi connectivity index (χ4v) is 2.90. The van der Waals surface area contributed by atoms with Gasteiger partial charge < -0.3 is 5.32 Å². The van der Waals surface area contributed by atoms with Crippen molar-refractivity contribution in [1.29, 1.82) is 0 Å². The molecule has 1 aromatic carbocycles. The minimum Gasteiger partial charge on any atom is -0.313 e. The van der Waals surface area contributed by atoms with E-state index in [0.29, 0.717) is 0 Å². The number of nitrogens with zero attached hydrogens (tertiary/aromatic N) is 2. The maximum absolute atomic E-state index is 4.19. The molecule has 0 aliphatic rings. The molecule has 0 aliphatic carbocycles. The molecule has 0 fully saturated rings. The number of aryl methyl sites for hydroxylation is 1. The van der Waals surface area contributed by atoms with Crippen LogP contribution in [0.4, 0.5) is 0 Å². The molecule has 5 heteroatoms. The van der Waals surface area contributed by atoms with E-state index in [-0.39, 0.29) is 0 Å². The predicted octanol–water partition coefficient (Wildman–Crippen LogP) is 3.00. The molecule has 0 saturated carbocycles. The Labute approximate surface area is 107 Å². The first-order valence-electron chi connectivity index (χ1n) is 4.93. The van der Waals surface area contributed by atoms with Gasteiger partial charge >= 0.3 is 0 Å². The van der Waals surface area contributed by atoms with Crippen LogP contribution < -0.4 is 5.32 Å². The van der Waals surface area contributed by atoms with Crippen LogP contribution in [0.3, 0.4) is 0 Å². The first-order chi connectivity index (χ1) is 7.69. The number of benzene rings is 1. The Morgan fingerprint density at radius 1 is 1.31 bits per heavy atom. The molecule has 84 valence electrons.